The number of aryl methyl sites for hydroxylation is 1. The summed E-state index contributed by atoms with van der Waals surface area (Å²) in [6.07, 6.45) is 5.35. The smallest absolute Gasteiger partial charge is 0.291 e. The Kier molecular flexibility index (Phi) is 5.04. The van der Waals surface area contributed by atoms with Crippen LogP contribution in [0.4, 0.5) is 0 Å². The number of rotatable bonds is 5. The van der Waals surface area contributed by atoms with Crippen molar-refractivity contribution in [2.45, 2.75) is 6.92 Å². The predicted molar refractivity (Wildman–Crippen MR) is 134 cm³/mol. The van der Waals surface area contributed by atoms with Gasteiger partial charge in [0.15, 0.2) is 5.82 Å². The average Bonchev–Trinajstić information content (AvgIpc) is 3.66. The fourth-order valence-corrected chi connectivity index (χ4v) is 4.78. The number of methoxy groups -OCH3 is 1. The van der Waals surface area contributed by atoms with E-state index in [2.05, 4.69) is 10.1 Å². The van der Waals surface area contributed by atoms with Crippen LogP contribution < -0.4 is 14.8 Å². The second-order valence-corrected chi connectivity index (χ2v) is 8.89. The van der Waals surface area contributed by atoms with Crippen LogP contribution in [0.15, 0.2) is 82.3 Å². The van der Waals surface area contributed by atoms with E-state index in [1.165, 1.54) is 15.9 Å². The molecule has 0 saturated heterocycles. The first-order valence-electron chi connectivity index (χ1n) is 10.9. The van der Waals surface area contributed by atoms with Gasteiger partial charge in [-0.15, -0.1) is 5.10 Å². The standard InChI is InChI=1S/C26H19N5O3S/c1-16-21(12-13-34-16)24-27-26-31(29-24)25(32)22(35-26)14-18-15-30(19-6-4-3-5-7-19)28-23(18)17-8-10-20(33-2)11-9-17/h3-15H,1-2H3/b22-14+. The van der Waals surface area contributed by atoms with Crippen molar-refractivity contribution in [1.82, 2.24) is 24.4 Å². The van der Waals surface area contributed by atoms with Gasteiger partial charge < -0.3 is 9.15 Å². The lowest BCUT2D eigenvalue weighted by molar-refractivity contribution is 0.415. The number of hydrogen-bond acceptors (Lipinski definition) is 7. The van der Waals surface area contributed by atoms with Crippen LogP contribution in [0.3, 0.4) is 0 Å². The van der Waals surface area contributed by atoms with Crippen LogP contribution in [-0.4, -0.2) is 31.5 Å². The van der Waals surface area contributed by atoms with E-state index in [1.807, 2.05) is 78.5 Å². The van der Waals surface area contributed by atoms with Crippen molar-refractivity contribution in [2.24, 2.45) is 0 Å². The summed E-state index contributed by atoms with van der Waals surface area (Å²) in [6, 6.07) is 19.3. The molecule has 0 aliphatic rings. The molecule has 0 saturated carbocycles. The normalized spacial score (nSPS) is 12.0. The number of para-hydroxylation sites is 1. The molecule has 0 bridgehead atoms. The zero-order chi connectivity index (χ0) is 23.9. The number of ether oxygens (including phenoxy) is 1. The van der Waals surface area contributed by atoms with E-state index in [0.29, 0.717) is 21.1 Å². The summed E-state index contributed by atoms with van der Waals surface area (Å²) in [5.74, 6) is 1.94. The van der Waals surface area contributed by atoms with Gasteiger partial charge >= 0.3 is 0 Å². The highest BCUT2D eigenvalue weighted by atomic mass is 32.1. The third-order valence-electron chi connectivity index (χ3n) is 5.69. The fourth-order valence-electron chi connectivity index (χ4n) is 3.89. The largest absolute Gasteiger partial charge is 0.497 e. The molecular weight excluding hydrogens is 462 g/mol. The summed E-state index contributed by atoms with van der Waals surface area (Å²) >= 11 is 1.29. The van der Waals surface area contributed by atoms with E-state index < -0.39 is 0 Å². The molecule has 0 radical (unpaired) electrons. The second kappa shape index (κ2) is 8.37. The average molecular weight is 482 g/mol. The van der Waals surface area contributed by atoms with Gasteiger partial charge in [0.2, 0.25) is 4.96 Å². The number of furan rings is 1. The molecule has 172 valence electrons. The van der Waals surface area contributed by atoms with Crippen molar-refractivity contribution in [2.75, 3.05) is 7.11 Å². The molecule has 6 rings (SSSR count). The number of aromatic nitrogens is 5. The SMILES string of the molecule is COc1ccc(-c2nn(-c3ccccc3)cc2/C=c2/sc3nc(-c4ccoc4C)nn3c2=O)cc1. The Hall–Kier alpha value is -4.50. The van der Waals surface area contributed by atoms with E-state index in [1.54, 1.807) is 19.4 Å². The minimum atomic E-state index is -0.224. The minimum absolute atomic E-state index is 0.224. The first kappa shape index (κ1) is 21.1. The van der Waals surface area contributed by atoms with Gasteiger partial charge in [0.1, 0.15) is 17.2 Å². The molecule has 35 heavy (non-hydrogen) atoms. The lowest BCUT2D eigenvalue weighted by atomic mass is 10.1. The van der Waals surface area contributed by atoms with E-state index in [9.17, 15) is 4.79 Å². The van der Waals surface area contributed by atoms with E-state index in [-0.39, 0.29) is 5.56 Å². The van der Waals surface area contributed by atoms with Gasteiger partial charge in [0, 0.05) is 17.3 Å². The Morgan fingerprint density at radius 1 is 1.03 bits per heavy atom. The minimum Gasteiger partial charge on any atom is -0.497 e. The highest BCUT2D eigenvalue weighted by molar-refractivity contribution is 7.15. The molecule has 0 aliphatic heterocycles. The highest BCUT2D eigenvalue weighted by Gasteiger charge is 2.16. The number of nitrogens with zero attached hydrogens (tertiary/aromatic N) is 5. The van der Waals surface area contributed by atoms with E-state index >= 15 is 0 Å². The van der Waals surface area contributed by atoms with Crippen molar-refractivity contribution in [1.29, 1.82) is 0 Å². The summed E-state index contributed by atoms with van der Waals surface area (Å²) in [6.45, 7) is 1.84. The van der Waals surface area contributed by atoms with Gasteiger partial charge in [0.25, 0.3) is 5.56 Å². The Balaban J connectivity index is 1.49. The van der Waals surface area contributed by atoms with Crippen LogP contribution in [0.25, 0.3) is 39.4 Å². The zero-order valence-electron chi connectivity index (χ0n) is 18.9. The molecule has 0 aliphatic carbocycles. The van der Waals surface area contributed by atoms with Crippen molar-refractivity contribution >= 4 is 22.4 Å². The lowest BCUT2D eigenvalue weighted by Crippen LogP contribution is -2.23. The summed E-state index contributed by atoms with van der Waals surface area (Å²) in [7, 11) is 1.63. The van der Waals surface area contributed by atoms with Crippen LogP contribution in [0.2, 0.25) is 0 Å². The van der Waals surface area contributed by atoms with Crippen LogP contribution >= 0.6 is 11.3 Å². The Morgan fingerprint density at radius 2 is 1.83 bits per heavy atom. The highest BCUT2D eigenvalue weighted by Crippen LogP contribution is 2.27. The van der Waals surface area contributed by atoms with Crippen molar-refractivity contribution < 1.29 is 9.15 Å². The summed E-state index contributed by atoms with van der Waals surface area (Å²) in [4.78, 5) is 18.3. The molecule has 0 amide bonds. The number of hydrogen-bond donors (Lipinski definition) is 0. The molecular formula is C26H19N5O3S. The zero-order valence-corrected chi connectivity index (χ0v) is 19.7. The summed E-state index contributed by atoms with van der Waals surface area (Å²) in [5.41, 5.74) is 3.95. The second-order valence-electron chi connectivity index (χ2n) is 7.88. The predicted octanol–water partition coefficient (Wildman–Crippen LogP) is 4.13. The molecule has 2 aromatic carbocycles. The van der Waals surface area contributed by atoms with Gasteiger partial charge in [-0.1, -0.05) is 29.5 Å². The number of thiazole rings is 1. The van der Waals surface area contributed by atoms with Crippen LogP contribution in [-0.2, 0) is 0 Å². The maximum absolute atomic E-state index is 13.2. The van der Waals surface area contributed by atoms with Crippen molar-refractivity contribution in [3.05, 3.63) is 99.3 Å². The molecule has 0 atom stereocenters. The van der Waals surface area contributed by atoms with Gasteiger partial charge in [-0.3, -0.25) is 4.79 Å². The quantitative estimate of drug-likeness (QED) is 0.368. The maximum atomic E-state index is 13.2. The number of fused-ring (bicyclic) bond motifs is 1. The van der Waals surface area contributed by atoms with E-state index in [4.69, 9.17) is 14.3 Å². The maximum Gasteiger partial charge on any atom is 0.291 e. The molecule has 9 heteroatoms. The molecule has 8 nitrogen and oxygen atoms in total. The third kappa shape index (κ3) is 3.71. The first-order chi connectivity index (χ1) is 17.1. The van der Waals surface area contributed by atoms with Crippen LogP contribution in [0.1, 0.15) is 11.3 Å². The Labute approximate surface area is 203 Å². The third-order valence-corrected chi connectivity index (χ3v) is 6.65. The lowest BCUT2D eigenvalue weighted by Gasteiger charge is -2.02. The molecule has 6 aromatic rings. The van der Waals surface area contributed by atoms with Gasteiger partial charge in [-0.25, -0.2) is 4.68 Å². The van der Waals surface area contributed by atoms with Crippen molar-refractivity contribution in [3.63, 3.8) is 0 Å². The van der Waals surface area contributed by atoms with Gasteiger partial charge in [0.05, 0.1) is 29.2 Å². The van der Waals surface area contributed by atoms with Crippen LogP contribution in [0, 0.1) is 6.92 Å². The molecule has 4 aromatic heterocycles. The molecule has 0 unspecified atom stereocenters. The topological polar surface area (TPSA) is 87.4 Å². The monoisotopic (exact) mass is 481 g/mol. The fraction of sp³-hybridized carbons (Fsp3) is 0.0769. The summed E-state index contributed by atoms with van der Waals surface area (Å²) < 4.78 is 14.3. The van der Waals surface area contributed by atoms with Crippen molar-refractivity contribution in [3.8, 4) is 34.1 Å². The molecule has 0 fully saturated rings. The van der Waals surface area contributed by atoms with E-state index in [0.717, 1.165) is 33.8 Å². The first-order valence-corrected chi connectivity index (χ1v) is 11.7. The number of benzene rings is 2. The molecule has 0 N–H and O–H groups in total. The van der Waals surface area contributed by atoms with Gasteiger partial charge in [-0.2, -0.15) is 14.6 Å². The summed E-state index contributed by atoms with van der Waals surface area (Å²) in [5, 5.41) is 9.25. The molecule has 0 spiro atoms. The Bertz CT molecular complexity index is 1760. The Morgan fingerprint density at radius 3 is 2.51 bits per heavy atom. The van der Waals surface area contributed by atoms with Gasteiger partial charge in [-0.05, 0) is 55.5 Å². The molecule has 4 heterocycles. The van der Waals surface area contributed by atoms with Crippen LogP contribution in [0.5, 0.6) is 5.75 Å².